The maximum absolute atomic E-state index is 11.4. The minimum atomic E-state index is -1.18. The Bertz CT molecular complexity index is 298. The van der Waals surface area contributed by atoms with Crippen LogP contribution in [0.1, 0.15) is 26.2 Å². The van der Waals surface area contributed by atoms with E-state index in [1.807, 2.05) is 6.92 Å². The number of amides is 2. The molecule has 4 N–H and O–H groups in total. The lowest BCUT2D eigenvalue weighted by Crippen LogP contribution is -2.49. The third-order valence-electron chi connectivity index (χ3n) is 2.21. The molecule has 0 aromatic rings. The monoisotopic (exact) mass is 242 g/mol. The average Bonchev–Trinajstić information content (AvgIpc) is 2.27. The first-order valence-corrected chi connectivity index (χ1v) is 5.39. The van der Waals surface area contributed by atoms with Crippen LogP contribution in [0.15, 0.2) is 0 Å². The second-order valence-corrected chi connectivity index (χ2v) is 3.53. The Kier molecular flexibility index (Phi) is 7.55. The largest absolute Gasteiger partial charge is 0.480 e. The summed E-state index contributed by atoms with van der Waals surface area (Å²) < 4.78 is 0. The molecule has 2 amide bonds. The normalized spacial score (nSPS) is 13.2. The van der Waals surface area contributed by atoms with E-state index >= 15 is 0 Å². The molecule has 96 valence electrons. The molecule has 6 heteroatoms. The lowest BCUT2D eigenvalue weighted by molar-refractivity contribution is -0.139. The first-order chi connectivity index (χ1) is 8.04. The van der Waals surface area contributed by atoms with Crippen molar-refractivity contribution in [2.75, 3.05) is 6.61 Å². The number of hydrogen-bond acceptors (Lipinski definition) is 3. The van der Waals surface area contributed by atoms with Crippen molar-refractivity contribution in [1.29, 1.82) is 0 Å². The maximum Gasteiger partial charge on any atom is 0.326 e. The quantitative estimate of drug-likeness (QED) is 0.469. The molecule has 6 nitrogen and oxygen atoms in total. The Morgan fingerprint density at radius 3 is 2.47 bits per heavy atom. The van der Waals surface area contributed by atoms with Gasteiger partial charge in [0.25, 0.3) is 0 Å². The Morgan fingerprint density at radius 2 is 2.06 bits per heavy atom. The van der Waals surface area contributed by atoms with E-state index in [0.717, 1.165) is 0 Å². The average molecular weight is 242 g/mol. The molecule has 17 heavy (non-hydrogen) atoms. The Hall–Kier alpha value is -1.74. The fourth-order valence-electron chi connectivity index (χ4n) is 1.21. The van der Waals surface area contributed by atoms with Crippen LogP contribution in [0.5, 0.6) is 0 Å². The number of carbonyl (C=O) groups excluding carboxylic acids is 1. The van der Waals surface area contributed by atoms with Gasteiger partial charge < -0.3 is 20.8 Å². The summed E-state index contributed by atoms with van der Waals surface area (Å²) in [6, 6.07) is -1.86. The highest BCUT2D eigenvalue weighted by molar-refractivity contribution is 5.82. The van der Waals surface area contributed by atoms with Crippen LogP contribution in [0, 0.1) is 12.3 Å². The van der Waals surface area contributed by atoms with Crippen LogP contribution >= 0.6 is 0 Å². The summed E-state index contributed by atoms with van der Waals surface area (Å²) in [4.78, 5) is 22.2. The molecule has 0 bridgehead atoms. The molecule has 2 atom stereocenters. The Labute approximate surface area is 100 Å². The zero-order valence-electron chi connectivity index (χ0n) is 9.77. The van der Waals surface area contributed by atoms with Gasteiger partial charge in [-0.2, -0.15) is 0 Å². The third kappa shape index (κ3) is 6.43. The molecule has 2 unspecified atom stereocenters. The highest BCUT2D eigenvalue weighted by atomic mass is 16.4. The van der Waals surface area contributed by atoms with E-state index in [9.17, 15) is 9.59 Å². The van der Waals surface area contributed by atoms with Crippen molar-refractivity contribution in [1.82, 2.24) is 10.6 Å². The minimum Gasteiger partial charge on any atom is -0.480 e. The molecular weight excluding hydrogens is 224 g/mol. The van der Waals surface area contributed by atoms with Gasteiger partial charge in [-0.15, -0.1) is 12.3 Å². The zero-order chi connectivity index (χ0) is 13.3. The van der Waals surface area contributed by atoms with Gasteiger partial charge in [0.05, 0.1) is 0 Å². The number of carboxylic acid groups (broad SMARTS) is 1. The molecule has 0 aliphatic rings. The van der Waals surface area contributed by atoms with Crippen molar-refractivity contribution in [3.8, 4) is 12.3 Å². The highest BCUT2D eigenvalue weighted by Crippen LogP contribution is 1.97. The van der Waals surface area contributed by atoms with E-state index in [-0.39, 0.29) is 19.1 Å². The van der Waals surface area contributed by atoms with E-state index in [1.54, 1.807) is 0 Å². The fraction of sp³-hybridized carbons (Fsp3) is 0.636. The topological polar surface area (TPSA) is 98.7 Å². The minimum absolute atomic E-state index is 0.0331. The number of carboxylic acids is 1. The van der Waals surface area contributed by atoms with Crippen LogP contribution in [-0.4, -0.2) is 40.9 Å². The van der Waals surface area contributed by atoms with Crippen LogP contribution in [0.25, 0.3) is 0 Å². The molecule has 0 radical (unpaired) electrons. The summed E-state index contributed by atoms with van der Waals surface area (Å²) in [5, 5.41) is 22.2. The molecule has 0 spiro atoms. The summed E-state index contributed by atoms with van der Waals surface area (Å²) in [5.74, 6) is 1.25. The summed E-state index contributed by atoms with van der Waals surface area (Å²) in [6.07, 6.45) is 6.15. The Morgan fingerprint density at radius 1 is 1.41 bits per heavy atom. The van der Waals surface area contributed by atoms with E-state index < -0.39 is 18.0 Å². The number of urea groups is 1. The number of terminal acetylenes is 1. The summed E-state index contributed by atoms with van der Waals surface area (Å²) in [5.41, 5.74) is 0. The highest BCUT2D eigenvalue weighted by Gasteiger charge is 2.20. The first kappa shape index (κ1) is 15.3. The van der Waals surface area contributed by atoms with Gasteiger partial charge >= 0.3 is 12.0 Å². The number of hydrogen-bond donors (Lipinski definition) is 4. The molecular formula is C11H18N2O4. The smallest absolute Gasteiger partial charge is 0.326 e. The standard InChI is InChI=1S/C11H18N2O4/c1-3-5-8(4-2)12-11(17)13-9(6-7-14)10(15)16/h1,8-9,14H,4-7H2,2H3,(H,15,16)(H2,12,13,17). The number of nitrogens with one attached hydrogen (secondary N) is 2. The van der Waals surface area contributed by atoms with Gasteiger partial charge in [0, 0.05) is 25.5 Å². The van der Waals surface area contributed by atoms with Crippen LogP contribution in [0.3, 0.4) is 0 Å². The van der Waals surface area contributed by atoms with Gasteiger partial charge in [0.15, 0.2) is 0 Å². The maximum atomic E-state index is 11.4. The second-order valence-electron chi connectivity index (χ2n) is 3.53. The number of aliphatic carboxylic acids is 1. The van der Waals surface area contributed by atoms with Crippen LogP contribution in [0.4, 0.5) is 4.79 Å². The zero-order valence-corrected chi connectivity index (χ0v) is 9.77. The van der Waals surface area contributed by atoms with Gasteiger partial charge in [0.1, 0.15) is 6.04 Å². The SMILES string of the molecule is C#CCC(CC)NC(=O)NC(CCO)C(=O)O. The summed E-state index contributed by atoms with van der Waals surface area (Å²) >= 11 is 0. The van der Waals surface area contributed by atoms with E-state index in [1.165, 1.54) is 0 Å². The number of aliphatic hydroxyl groups excluding tert-OH is 1. The van der Waals surface area contributed by atoms with E-state index in [2.05, 4.69) is 16.6 Å². The predicted octanol–water partition coefficient (Wildman–Crippen LogP) is -0.0769. The summed E-state index contributed by atoms with van der Waals surface area (Å²) in [6.45, 7) is 1.56. The van der Waals surface area contributed by atoms with Gasteiger partial charge in [0.2, 0.25) is 0 Å². The number of aliphatic hydroxyl groups is 1. The van der Waals surface area contributed by atoms with Crippen molar-refractivity contribution < 1.29 is 19.8 Å². The molecule has 0 saturated heterocycles. The van der Waals surface area contributed by atoms with Crippen molar-refractivity contribution >= 4 is 12.0 Å². The molecule has 0 saturated carbocycles. The molecule has 0 aromatic carbocycles. The molecule has 0 fully saturated rings. The van der Waals surface area contributed by atoms with Crippen molar-refractivity contribution in [2.45, 2.75) is 38.3 Å². The third-order valence-corrected chi connectivity index (χ3v) is 2.21. The van der Waals surface area contributed by atoms with E-state index in [0.29, 0.717) is 12.8 Å². The van der Waals surface area contributed by atoms with Gasteiger partial charge in [-0.3, -0.25) is 0 Å². The predicted molar refractivity (Wildman–Crippen MR) is 62.3 cm³/mol. The van der Waals surface area contributed by atoms with Crippen LogP contribution < -0.4 is 10.6 Å². The van der Waals surface area contributed by atoms with Gasteiger partial charge in [-0.05, 0) is 6.42 Å². The second kappa shape index (κ2) is 8.42. The molecule has 0 rings (SSSR count). The first-order valence-electron chi connectivity index (χ1n) is 5.39. The van der Waals surface area contributed by atoms with Crippen molar-refractivity contribution in [3.63, 3.8) is 0 Å². The van der Waals surface area contributed by atoms with Crippen LogP contribution in [-0.2, 0) is 4.79 Å². The molecule has 0 heterocycles. The molecule has 0 aromatic heterocycles. The number of carbonyl (C=O) groups is 2. The molecule has 0 aliphatic heterocycles. The number of rotatable bonds is 7. The summed E-state index contributed by atoms with van der Waals surface area (Å²) in [7, 11) is 0. The van der Waals surface area contributed by atoms with Crippen molar-refractivity contribution in [2.24, 2.45) is 0 Å². The van der Waals surface area contributed by atoms with E-state index in [4.69, 9.17) is 16.6 Å². The van der Waals surface area contributed by atoms with Gasteiger partial charge in [-0.25, -0.2) is 9.59 Å². The Balaban J connectivity index is 4.22. The van der Waals surface area contributed by atoms with Gasteiger partial charge in [-0.1, -0.05) is 6.92 Å². The van der Waals surface area contributed by atoms with Crippen molar-refractivity contribution in [3.05, 3.63) is 0 Å². The lowest BCUT2D eigenvalue weighted by Gasteiger charge is -2.18. The van der Waals surface area contributed by atoms with Crippen LogP contribution in [0.2, 0.25) is 0 Å². The molecule has 0 aliphatic carbocycles. The fourth-order valence-corrected chi connectivity index (χ4v) is 1.21. The lowest BCUT2D eigenvalue weighted by atomic mass is 10.1.